The van der Waals surface area contributed by atoms with Crippen LogP contribution in [0.2, 0.25) is 0 Å². The maximum Gasteiger partial charge on any atom is 0.226 e. The van der Waals surface area contributed by atoms with Crippen molar-refractivity contribution in [2.75, 3.05) is 6.61 Å². The summed E-state index contributed by atoms with van der Waals surface area (Å²) < 4.78 is 10.8. The van der Waals surface area contributed by atoms with Gasteiger partial charge in [0.15, 0.2) is 0 Å². The van der Waals surface area contributed by atoms with E-state index in [0.717, 1.165) is 6.42 Å². The van der Waals surface area contributed by atoms with Crippen LogP contribution in [0.15, 0.2) is 4.52 Å². The van der Waals surface area contributed by atoms with Crippen molar-refractivity contribution < 1.29 is 14.4 Å². The Balaban J connectivity index is 2.71. The molecule has 0 aliphatic carbocycles. The van der Waals surface area contributed by atoms with Crippen molar-refractivity contribution in [1.29, 1.82) is 0 Å². The van der Waals surface area contributed by atoms with Crippen molar-refractivity contribution in [3.8, 4) is 0 Å². The van der Waals surface area contributed by atoms with Gasteiger partial charge in [0.2, 0.25) is 11.7 Å². The Kier molecular flexibility index (Phi) is 5.08. The summed E-state index contributed by atoms with van der Waals surface area (Å²) in [4.78, 5) is 4.33. The number of hydrogen-bond donors (Lipinski definition) is 1. The molecule has 0 spiro atoms. The Morgan fingerprint density at radius 1 is 1.47 bits per heavy atom. The molecule has 0 radical (unpaired) electrons. The largest absolute Gasteiger partial charge is 0.393 e. The van der Waals surface area contributed by atoms with Gasteiger partial charge in [0.25, 0.3) is 0 Å². The maximum atomic E-state index is 9.20. The van der Waals surface area contributed by atoms with E-state index in [2.05, 4.69) is 10.1 Å². The summed E-state index contributed by atoms with van der Waals surface area (Å²) in [6, 6.07) is 0. The van der Waals surface area contributed by atoms with Crippen LogP contribution in [0.3, 0.4) is 0 Å². The third kappa shape index (κ3) is 3.78. The maximum absolute atomic E-state index is 9.20. The number of hydrogen-bond acceptors (Lipinski definition) is 5. The van der Waals surface area contributed by atoms with Gasteiger partial charge in [0.05, 0.1) is 6.10 Å². The van der Waals surface area contributed by atoms with Crippen molar-refractivity contribution in [2.45, 2.75) is 58.7 Å². The summed E-state index contributed by atoms with van der Waals surface area (Å²) in [5, 5.41) is 13.2. The van der Waals surface area contributed by atoms with E-state index in [4.69, 9.17) is 9.26 Å². The number of aromatic nitrogens is 2. The second-order valence-corrected chi connectivity index (χ2v) is 4.42. The summed E-state index contributed by atoms with van der Waals surface area (Å²) in [5.41, 5.74) is -0.485. The lowest BCUT2D eigenvalue weighted by Gasteiger charge is -2.23. The van der Waals surface area contributed by atoms with E-state index < -0.39 is 5.60 Å². The molecule has 0 saturated carbocycles. The number of nitrogens with zero attached hydrogens (tertiary/aromatic N) is 2. The third-order valence-corrected chi connectivity index (χ3v) is 2.85. The minimum atomic E-state index is -0.485. The molecular formula is C12H22N2O3. The molecule has 1 rings (SSSR count). The SMILES string of the molecule is CCOC(C)(CC)c1noc(CCC(C)O)n1. The van der Waals surface area contributed by atoms with E-state index in [1.807, 2.05) is 20.8 Å². The molecule has 0 amide bonds. The molecular weight excluding hydrogens is 220 g/mol. The van der Waals surface area contributed by atoms with Crippen LogP contribution in [-0.2, 0) is 16.8 Å². The number of rotatable bonds is 7. The van der Waals surface area contributed by atoms with Gasteiger partial charge in [-0.25, -0.2) is 0 Å². The minimum absolute atomic E-state index is 0.352. The van der Waals surface area contributed by atoms with Gasteiger partial charge in [-0.05, 0) is 33.6 Å². The van der Waals surface area contributed by atoms with E-state index >= 15 is 0 Å². The fourth-order valence-electron chi connectivity index (χ4n) is 1.55. The van der Waals surface area contributed by atoms with E-state index in [1.54, 1.807) is 6.92 Å². The fourth-order valence-corrected chi connectivity index (χ4v) is 1.55. The molecule has 1 heterocycles. The molecule has 1 aromatic rings. The molecule has 0 saturated heterocycles. The van der Waals surface area contributed by atoms with Crippen LogP contribution in [0, 0.1) is 0 Å². The fraction of sp³-hybridized carbons (Fsp3) is 0.833. The van der Waals surface area contributed by atoms with Gasteiger partial charge in [0.1, 0.15) is 5.60 Å². The Labute approximate surface area is 102 Å². The van der Waals surface area contributed by atoms with Gasteiger partial charge in [-0.15, -0.1) is 0 Å². The lowest BCUT2D eigenvalue weighted by molar-refractivity contribution is -0.0403. The summed E-state index contributed by atoms with van der Waals surface area (Å²) in [6.07, 6.45) is 1.65. The number of ether oxygens (including phenoxy) is 1. The van der Waals surface area contributed by atoms with Crippen molar-refractivity contribution in [1.82, 2.24) is 10.1 Å². The van der Waals surface area contributed by atoms with Crippen LogP contribution in [0.5, 0.6) is 0 Å². The molecule has 1 N–H and O–H groups in total. The van der Waals surface area contributed by atoms with Crippen molar-refractivity contribution in [3.63, 3.8) is 0 Å². The van der Waals surface area contributed by atoms with Crippen LogP contribution in [-0.4, -0.2) is 28.0 Å². The van der Waals surface area contributed by atoms with Crippen LogP contribution >= 0.6 is 0 Å². The molecule has 0 aromatic carbocycles. The monoisotopic (exact) mass is 242 g/mol. The summed E-state index contributed by atoms with van der Waals surface area (Å²) >= 11 is 0. The zero-order chi connectivity index (χ0) is 12.9. The minimum Gasteiger partial charge on any atom is -0.393 e. The first-order valence-electron chi connectivity index (χ1n) is 6.17. The van der Waals surface area contributed by atoms with Crippen LogP contribution in [0.1, 0.15) is 52.3 Å². The zero-order valence-electron chi connectivity index (χ0n) is 11.1. The van der Waals surface area contributed by atoms with Crippen LogP contribution in [0.25, 0.3) is 0 Å². The van der Waals surface area contributed by atoms with Gasteiger partial charge in [-0.2, -0.15) is 4.98 Å². The predicted molar refractivity (Wildman–Crippen MR) is 63.6 cm³/mol. The molecule has 0 aliphatic rings. The molecule has 2 atom stereocenters. The second kappa shape index (κ2) is 6.12. The van der Waals surface area contributed by atoms with Crippen molar-refractivity contribution in [2.24, 2.45) is 0 Å². The van der Waals surface area contributed by atoms with E-state index in [0.29, 0.717) is 31.2 Å². The summed E-state index contributed by atoms with van der Waals surface area (Å²) in [5.74, 6) is 1.14. The highest BCUT2D eigenvalue weighted by Crippen LogP contribution is 2.26. The molecule has 98 valence electrons. The standard InChI is InChI=1S/C12H22N2O3/c1-5-12(4,16-6-2)11-13-10(17-14-11)8-7-9(3)15/h9,15H,5-8H2,1-4H3. The van der Waals surface area contributed by atoms with Gasteiger partial charge in [0, 0.05) is 13.0 Å². The molecule has 0 fully saturated rings. The highest BCUT2D eigenvalue weighted by atomic mass is 16.5. The molecule has 0 bridgehead atoms. The molecule has 5 nitrogen and oxygen atoms in total. The van der Waals surface area contributed by atoms with Gasteiger partial charge >= 0.3 is 0 Å². The Morgan fingerprint density at radius 2 is 2.18 bits per heavy atom. The van der Waals surface area contributed by atoms with E-state index in [9.17, 15) is 5.11 Å². The third-order valence-electron chi connectivity index (χ3n) is 2.85. The summed E-state index contributed by atoms with van der Waals surface area (Å²) in [7, 11) is 0. The number of aryl methyl sites for hydroxylation is 1. The molecule has 0 aliphatic heterocycles. The van der Waals surface area contributed by atoms with Gasteiger partial charge in [-0.1, -0.05) is 12.1 Å². The first-order chi connectivity index (χ1) is 8.01. The average molecular weight is 242 g/mol. The van der Waals surface area contributed by atoms with Gasteiger partial charge < -0.3 is 14.4 Å². The topological polar surface area (TPSA) is 68.4 Å². The highest BCUT2D eigenvalue weighted by Gasteiger charge is 2.30. The quantitative estimate of drug-likeness (QED) is 0.792. The van der Waals surface area contributed by atoms with E-state index in [1.165, 1.54) is 0 Å². The molecule has 17 heavy (non-hydrogen) atoms. The Morgan fingerprint density at radius 3 is 2.71 bits per heavy atom. The van der Waals surface area contributed by atoms with Crippen LogP contribution < -0.4 is 0 Å². The lowest BCUT2D eigenvalue weighted by Crippen LogP contribution is -2.26. The molecule has 5 heteroatoms. The second-order valence-electron chi connectivity index (χ2n) is 4.42. The normalized spacial score (nSPS) is 16.8. The van der Waals surface area contributed by atoms with Crippen molar-refractivity contribution >= 4 is 0 Å². The lowest BCUT2D eigenvalue weighted by atomic mass is 10.0. The van der Waals surface area contributed by atoms with Crippen LogP contribution in [0.4, 0.5) is 0 Å². The number of aliphatic hydroxyl groups excluding tert-OH is 1. The molecule has 1 aromatic heterocycles. The first-order valence-corrected chi connectivity index (χ1v) is 6.17. The predicted octanol–water partition coefficient (Wildman–Crippen LogP) is 2.04. The van der Waals surface area contributed by atoms with Crippen molar-refractivity contribution in [3.05, 3.63) is 11.7 Å². The van der Waals surface area contributed by atoms with Gasteiger partial charge in [-0.3, -0.25) is 0 Å². The molecule has 2 unspecified atom stereocenters. The highest BCUT2D eigenvalue weighted by molar-refractivity contribution is 4.99. The summed E-state index contributed by atoms with van der Waals surface area (Å²) in [6.45, 7) is 8.29. The first kappa shape index (κ1) is 14.1. The average Bonchev–Trinajstić information content (AvgIpc) is 2.75. The zero-order valence-corrected chi connectivity index (χ0v) is 11.1. The van der Waals surface area contributed by atoms with E-state index in [-0.39, 0.29) is 6.10 Å². The Bertz CT molecular complexity index is 338. The smallest absolute Gasteiger partial charge is 0.226 e. The Hall–Kier alpha value is -0.940. The number of aliphatic hydroxyl groups is 1.